The highest BCUT2D eigenvalue weighted by Gasteiger charge is 2.23. The normalized spacial score (nSPS) is 14.9. The van der Waals surface area contributed by atoms with Crippen molar-refractivity contribution in [3.63, 3.8) is 0 Å². The Labute approximate surface area is 195 Å². The van der Waals surface area contributed by atoms with E-state index in [2.05, 4.69) is 5.32 Å². The van der Waals surface area contributed by atoms with E-state index in [0.29, 0.717) is 42.8 Å². The topological polar surface area (TPSA) is 69.7 Å². The first-order valence-corrected chi connectivity index (χ1v) is 12.2. The standard InChI is InChI=1S/C22H25Cl2N3O3S/c1-16(28)26-8-10-27(11-9-26)22(29)15-31(30)14-18-4-2-3-5-21(18)25-13-17-6-7-19(23)20(24)12-17/h2-7,12,25H,8-11,13-15H2,1H3. The van der Waals surface area contributed by atoms with E-state index in [1.807, 2.05) is 36.4 Å². The van der Waals surface area contributed by atoms with Crippen molar-refractivity contribution in [2.45, 2.75) is 19.2 Å². The van der Waals surface area contributed by atoms with Gasteiger partial charge in [0.05, 0.1) is 15.8 Å². The van der Waals surface area contributed by atoms with E-state index in [0.717, 1.165) is 16.8 Å². The number of carbonyl (C=O) groups is 2. The molecule has 1 aliphatic rings. The molecule has 1 saturated heterocycles. The van der Waals surface area contributed by atoms with E-state index >= 15 is 0 Å². The van der Waals surface area contributed by atoms with Gasteiger partial charge < -0.3 is 15.1 Å². The predicted octanol–water partition coefficient (Wildman–Crippen LogP) is 3.54. The van der Waals surface area contributed by atoms with E-state index in [-0.39, 0.29) is 23.3 Å². The van der Waals surface area contributed by atoms with E-state index in [4.69, 9.17) is 23.2 Å². The van der Waals surface area contributed by atoms with Gasteiger partial charge >= 0.3 is 0 Å². The van der Waals surface area contributed by atoms with Gasteiger partial charge in [-0.3, -0.25) is 13.8 Å². The number of nitrogens with zero attached hydrogens (tertiary/aromatic N) is 2. The van der Waals surface area contributed by atoms with Crippen molar-refractivity contribution in [3.05, 3.63) is 63.6 Å². The number of carbonyl (C=O) groups excluding carboxylic acids is 2. The highest BCUT2D eigenvalue weighted by molar-refractivity contribution is 7.84. The van der Waals surface area contributed by atoms with Crippen molar-refractivity contribution in [3.8, 4) is 0 Å². The SMILES string of the molecule is CC(=O)N1CCN(C(=O)CS(=O)Cc2ccccc2NCc2ccc(Cl)c(Cl)c2)CC1. The van der Waals surface area contributed by atoms with Gasteiger partial charge in [-0.05, 0) is 29.3 Å². The van der Waals surface area contributed by atoms with Gasteiger partial charge in [-0.1, -0.05) is 47.5 Å². The van der Waals surface area contributed by atoms with Crippen molar-refractivity contribution in [2.24, 2.45) is 0 Å². The van der Waals surface area contributed by atoms with Crippen molar-refractivity contribution < 1.29 is 13.8 Å². The summed E-state index contributed by atoms with van der Waals surface area (Å²) in [4.78, 5) is 27.3. The van der Waals surface area contributed by atoms with Crippen LogP contribution in [0.15, 0.2) is 42.5 Å². The fraction of sp³-hybridized carbons (Fsp3) is 0.364. The molecule has 1 heterocycles. The van der Waals surface area contributed by atoms with Crippen LogP contribution in [0.2, 0.25) is 10.0 Å². The molecule has 0 spiro atoms. The predicted molar refractivity (Wildman–Crippen MR) is 126 cm³/mol. The highest BCUT2D eigenvalue weighted by atomic mass is 35.5. The molecule has 1 N–H and O–H groups in total. The summed E-state index contributed by atoms with van der Waals surface area (Å²) in [6.07, 6.45) is 0. The van der Waals surface area contributed by atoms with Crippen molar-refractivity contribution in [1.82, 2.24) is 9.80 Å². The second-order valence-electron chi connectivity index (χ2n) is 7.37. The van der Waals surface area contributed by atoms with Crippen LogP contribution in [0.5, 0.6) is 0 Å². The van der Waals surface area contributed by atoms with Crippen LogP contribution in [0.4, 0.5) is 5.69 Å². The number of rotatable bonds is 7. The smallest absolute Gasteiger partial charge is 0.235 e. The summed E-state index contributed by atoms with van der Waals surface area (Å²) in [6.45, 7) is 4.08. The maximum Gasteiger partial charge on any atom is 0.235 e. The van der Waals surface area contributed by atoms with Crippen molar-refractivity contribution >= 4 is 51.5 Å². The number of hydrogen-bond acceptors (Lipinski definition) is 4. The summed E-state index contributed by atoms with van der Waals surface area (Å²) in [5.41, 5.74) is 2.73. The molecular weight excluding hydrogens is 457 g/mol. The summed E-state index contributed by atoms with van der Waals surface area (Å²) in [6, 6.07) is 13.1. The summed E-state index contributed by atoms with van der Waals surface area (Å²) in [5.74, 6) is 0.133. The molecule has 3 rings (SSSR count). The zero-order chi connectivity index (χ0) is 22.4. The lowest BCUT2D eigenvalue weighted by Crippen LogP contribution is -2.51. The third-order valence-corrected chi connectivity index (χ3v) is 7.10. The average Bonchev–Trinajstić information content (AvgIpc) is 2.75. The molecule has 0 bridgehead atoms. The Hall–Kier alpha value is -2.09. The van der Waals surface area contributed by atoms with Gasteiger partial charge in [0.2, 0.25) is 11.8 Å². The second-order valence-corrected chi connectivity index (χ2v) is 9.65. The lowest BCUT2D eigenvalue weighted by molar-refractivity contribution is -0.136. The number of amides is 2. The Balaban J connectivity index is 1.55. The van der Waals surface area contributed by atoms with Crippen LogP contribution in [0.1, 0.15) is 18.1 Å². The number of benzene rings is 2. The Morgan fingerprint density at radius 3 is 2.35 bits per heavy atom. The number of para-hydroxylation sites is 1. The molecule has 2 amide bonds. The second kappa shape index (κ2) is 11.0. The van der Waals surface area contributed by atoms with E-state index in [9.17, 15) is 13.8 Å². The molecule has 31 heavy (non-hydrogen) atoms. The van der Waals surface area contributed by atoms with Crippen LogP contribution in [-0.2, 0) is 32.7 Å². The Morgan fingerprint density at radius 1 is 1.00 bits per heavy atom. The molecule has 1 unspecified atom stereocenters. The monoisotopic (exact) mass is 481 g/mol. The van der Waals surface area contributed by atoms with Gasteiger partial charge in [0.25, 0.3) is 0 Å². The Kier molecular flexibility index (Phi) is 8.35. The maximum atomic E-state index is 12.7. The van der Waals surface area contributed by atoms with Crippen molar-refractivity contribution in [2.75, 3.05) is 37.2 Å². The third-order valence-electron chi connectivity index (χ3n) is 5.16. The van der Waals surface area contributed by atoms with Gasteiger partial charge in [0.1, 0.15) is 5.75 Å². The fourth-order valence-corrected chi connectivity index (χ4v) is 4.87. The highest BCUT2D eigenvalue weighted by Crippen LogP contribution is 2.24. The number of nitrogens with one attached hydrogen (secondary N) is 1. The third kappa shape index (κ3) is 6.69. The minimum Gasteiger partial charge on any atom is -0.381 e. The van der Waals surface area contributed by atoms with Crippen LogP contribution in [-0.4, -0.2) is 57.8 Å². The van der Waals surface area contributed by atoms with Crippen molar-refractivity contribution in [1.29, 1.82) is 0 Å². The quantitative estimate of drug-likeness (QED) is 0.656. The number of piperazine rings is 1. The van der Waals surface area contributed by atoms with Crippen LogP contribution < -0.4 is 5.32 Å². The van der Waals surface area contributed by atoms with Crippen LogP contribution in [0.3, 0.4) is 0 Å². The minimum atomic E-state index is -1.34. The zero-order valence-corrected chi connectivity index (χ0v) is 19.6. The number of hydrogen-bond donors (Lipinski definition) is 1. The molecule has 1 fully saturated rings. The van der Waals surface area contributed by atoms with E-state index in [1.54, 1.807) is 15.9 Å². The van der Waals surface area contributed by atoms with Gasteiger partial charge in [-0.15, -0.1) is 0 Å². The summed E-state index contributed by atoms with van der Waals surface area (Å²) in [5, 5.41) is 4.35. The Bertz CT molecular complexity index is 978. The van der Waals surface area contributed by atoms with Crippen LogP contribution >= 0.6 is 23.2 Å². The molecule has 6 nitrogen and oxygen atoms in total. The van der Waals surface area contributed by atoms with Gasteiger partial charge in [-0.2, -0.15) is 0 Å². The molecule has 0 radical (unpaired) electrons. The summed E-state index contributed by atoms with van der Waals surface area (Å²) in [7, 11) is -1.34. The lowest BCUT2D eigenvalue weighted by Gasteiger charge is -2.34. The molecule has 1 aliphatic heterocycles. The summed E-state index contributed by atoms with van der Waals surface area (Å²) < 4.78 is 12.7. The van der Waals surface area contributed by atoms with Gasteiger partial charge in [0.15, 0.2) is 0 Å². The average molecular weight is 482 g/mol. The molecule has 1 atom stereocenters. The van der Waals surface area contributed by atoms with Crippen LogP contribution in [0, 0.1) is 0 Å². The number of halogens is 2. The largest absolute Gasteiger partial charge is 0.381 e. The molecule has 2 aromatic carbocycles. The van der Waals surface area contributed by atoms with Gasteiger partial charge in [-0.25, -0.2) is 0 Å². The first-order valence-electron chi connectivity index (χ1n) is 9.97. The molecule has 2 aromatic rings. The van der Waals surface area contributed by atoms with Gasteiger partial charge in [0, 0.05) is 56.1 Å². The molecule has 0 aliphatic carbocycles. The molecule has 0 aromatic heterocycles. The minimum absolute atomic E-state index is 0.0145. The summed E-state index contributed by atoms with van der Waals surface area (Å²) >= 11 is 12.0. The first kappa shape index (κ1) is 23.6. The molecule has 9 heteroatoms. The lowest BCUT2D eigenvalue weighted by atomic mass is 10.2. The number of anilines is 1. The maximum absolute atomic E-state index is 12.7. The molecule has 166 valence electrons. The van der Waals surface area contributed by atoms with Crippen LogP contribution in [0.25, 0.3) is 0 Å². The fourth-order valence-electron chi connectivity index (χ4n) is 3.39. The van der Waals surface area contributed by atoms with E-state index in [1.165, 1.54) is 6.92 Å². The first-order chi connectivity index (χ1) is 14.8. The molecule has 0 saturated carbocycles. The Morgan fingerprint density at radius 2 is 1.68 bits per heavy atom. The molecular formula is C22H25Cl2N3O3S. The zero-order valence-electron chi connectivity index (χ0n) is 17.3. The van der Waals surface area contributed by atoms with E-state index < -0.39 is 10.8 Å².